The van der Waals surface area contributed by atoms with E-state index in [1.54, 1.807) is 0 Å². The molecule has 3 heterocycles. The van der Waals surface area contributed by atoms with Crippen molar-refractivity contribution in [3.63, 3.8) is 0 Å². The van der Waals surface area contributed by atoms with Gasteiger partial charge >= 0.3 is 0 Å². The van der Waals surface area contributed by atoms with Crippen molar-refractivity contribution in [1.82, 2.24) is 29.8 Å². The Morgan fingerprint density at radius 3 is 2.82 bits per heavy atom. The van der Waals surface area contributed by atoms with E-state index in [0.29, 0.717) is 21.6 Å². The van der Waals surface area contributed by atoms with Crippen LogP contribution in [0.15, 0.2) is 40.3 Å². The van der Waals surface area contributed by atoms with Gasteiger partial charge in [0.1, 0.15) is 5.01 Å². The molecule has 0 unspecified atom stereocenters. The van der Waals surface area contributed by atoms with Crippen molar-refractivity contribution in [2.24, 2.45) is 0 Å². The Hall–Kier alpha value is -2.52. The lowest BCUT2D eigenvalue weighted by Crippen LogP contribution is -2.15. The van der Waals surface area contributed by atoms with Crippen LogP contribution in [0.4, 0.5) is 0 Å². The average Bonchev–Trinajstić information content (AvgIpc) is 3.32. The highest BCUT2D eigenvalue weighted by atomic mass is 32.2. The number of unbranched alkanes of at least 4 members (excludes halogenated alkanes) is 1. The van der Waals surface area contributed by atoms with Crippen LogP contribution < -0.4 is 5.56 Å². The van der Waals surface area contributed by atoms with Crippen LogP contribution in [0, 0.1) is 6.92 Å². The first-order valence-corrected chi connectivity index (χ1v) is 10.9. The highest BCUT2D eigenvalue weighted by Crippen LogP contribution is 2.22. The van der Waals surface area contributed by atoms with E-state index >= 15 is 0 Å². The zero-order chi connectivity index (χ0) is 19.5. The number of thioether (sulfide) groups is 1. The summed E-state index contributed by atoms with van der Waals surface area (Å²) in [6.07, 6.45) is 3.04. The first-order valence-electron chi connectivity index (χ1n) is 9.13. The third kappa shape index (κ3) is 4.15. The molecule has 1 aromatic carbocycles. The topological polar surface area (TPSA) is 88.8 Å². The Kier molecular flexibility index (Phi) is 5.54. The second kappa shape index (κ2) is 8.24. The number of hydrogen-bond acceptors (Lipinski definition) is 7. The van der Waals surface area contributed by atoms with E-state index in [2.05, 4.69) is 32.2 Å². The van der Waals surface area contributed by atoms with Crippen molar-refractivity contribution >= 4 is 28.1 Å². The lowest BCUT2D eigenvalue weighted by Gasteiger charge is -1.98. The quantitative estimate of drug-likeness (QED) is 0.464. The molecule has 4 aromatic rings. The van der Waals surface area contributed by atoms with Gasteiger partial charge in [-0.05, 0) is 13.3 Å². The molecule has 0 radical (unpaired) electrons. The maximum absolute atomic E-state index is 12.3. The molecular weight excluding hydrogens is 392 g/mol. The van der Waals surface area contributed by atoms with E-state index in [1.807, 2.05) is 31.2 Å². The van der Waals surface area contributed by atoms with E-state index in [1.165, 1.54) is 39.2 Å². The second-order valence-electron chi connectivity index (χ2n) is 6.50. The largest absolute Gasteiger partial charge is 0.275 e. The molecule has 0 spiro atoms. The van der Waals surface area contributed by atoms with Crippen molar-refractivity contribution in [1.29, 1.82) is 0 Å². The predicted molar refractivity (Wildman–Crippen MR) is 112 cm³/mol. The lowest BCUT2D eigenvalue weighted by molar-refractivity contribution is 0.761. The van der Waals surface area contributed by atoms with Gasteiger partial charge < -0.3 is 0 Å². The fourth-order valence-corrected chi connectivity index (χ4v) is 4.34. The summed E-state index contributed by atoms with van der Waals surface area (Å²) in [5, 5.41) is 13.2. The molecule has 0 aliphatic heterocycles. The van der Waals surface area contributed by atoms with Gasteiger partial charge in [0.25, 0.3) is 5.56 Å². The Morgan fingerprint density at radius 2 is 2.04 bits per heavy atom. The molecule has 144 valence electrons. The minimum Gasteiger partial charge on any atom is -0.267 e. The van der Waals surface area contributed by atoms with E-state index in [9.17, 15) is 4.79 Å². The normalized spacial score (nSPS) is 11.4. The maximum atomic E-state index is 12.3. The second-order valence-corrected chi connectivity index (χ2v) is 8.48. The molecule has 0 amide bonds. The summed E-state index contributed by atoms with van der Waals surface area (Å²) in [6.45, 7) is 4.19. The maximum Gasteiger partial charge on any atom is 0.275 e. The first-order chi connectivity index (χ1) is 13.6. The Morgan fingerprint density at radius 1 is 1.21 bits per heavy atom. The number of H-pyrrole nitrogens is 1. The fourth-order valence-electron chi connectivity index (χ4n) is 2.69. The molecule has 0 bridgehead atoms. The van der Waals surface area contributed by atoms with Gasteiger partial charge in [-0.3, -0.25) is 9.89 Å². The van der Waals surface area contributed by atoms with Gasteiger partial charge in [0.2, 0.25) is 10.1 Å². The molecule has 4 rings (SSSR count). The minimum atomic E-state index is -0.144. The molecular formula is C19H20N6OS2. The standard InChI is InChI=1S/C19H20N6OS2/c1-3-4-5-15-24-25-16(26)10-14(20-19(25)28-15)11-27-18-21-17(22-23-18)13-8-6-12(2)7-9-13/h6-10H,3-5,11H2,1-2H3,(H,21,22,23). The Balaban J connectivity index is 1.48. The molecule has 0 saturated carbocycles. The van der Waals surface area contributed by atoms with Gasteiger partial charge in [-0.1, -0.05) is 66.3 Å². The summed E-state index contributed by atoms with van der Waals surface area (Å²) in [5.74, 6) is 1.26. The van der Waals surface area contributed by atoms with Crippen molar-refractivity contribution in [3.8, 4) is 11.4 Å². The minimum absolute atomic E-state index is 0.144. The molecule has 0 atom stereocenters. The summed E-state index contributed by atoms with van der Waals surface area (Å²) in [5.41, 5.74) is 2.76. The van der Waals surface area contributed by atoms with Crippen LogP contribution in [0.1, 0.15) is 36.0 Å². The molecule has 1 N–H and O–H groups in total. The van der Waals surface area contributed by atoms with Gasteiger partial charge in [-0.25, -0.2) is 9.97 Å². The van der Waals surface area contributed by atoms with Crippen LogP contribution >= 0.6 is 23.1 Å². The van der Waals surface area contributed by atoms with Crippen LogP contribution in [0.3, 0.4) is 0 Å². The first kappa shape index (κ1) is 18.8. The monoisotopic (exact) mass is 412 g/mol. The molecule has 0 saturated heterocycles. The van der Waals surface area contributed by atoms with Crippen LogP contribution in [0.5, 0.6) is 0 Å². The molecule has 0 aliphatic rings. The Bertz CT molecular complexity index is 1150. The number of rotatable bonds is 7. The van der Waals surface area contributed by atoms with Crippen molar-refractivity contribution in [2.45, 2.75) is 44.0 Å². The number of nitrogens with zero attached hydrogens (tertiary/aromatic N) is 5. The van der Waals surface area contributed by atoms with Crippen molar-refractivity contribution in [3.05, 3.63) is 57.0 Å². The smallest absolute Gasteiger partial charge is 0.267 e. The number of aromatic nitrogens is 6. The van der Waals surface area contributed by atoms with Gasteiger partial charge in [0.05, 0.1) is 5.69 Å². The van der Waals surface area contributed by atoms with Gasteiger partial charge in [-0.15, -0.1) is 5.10 Å². The van der Waals surface area contributed by atoms with Gasteiger partial charge in [0.15, 0.2) is 5.82 Å². The van der Waals surface area contributed by atoms with E-state index in [-0.39, 0.29) is 5.56 Å². The number of aromatic amines is 1. The summed E-state index contributed by atoms with van der Waals surface area (Å²) in [7, 11) is 0. The van der Waals surface area contributed by atoms with E-state index in [4.69, 9.17) is 0 Å². The number of aryl methyl sites for hydroxylation is 2. The van der Waals surface area contributed by atoms with Crippen molar-refractivity contribution in [2.75, 3.05) is 0 Å². The van der Waals surface area contributed by atoms with Gasteiger partial charge in [-0.2, -0.15) is 9.61 Å². The van der Waals surface area contributed by atoms with Gasteiger partial charge in [0, 0.05) is 23.8 Å². The fraction of sp³-hybridized carbons (Fsp3) is 0.316. The van der Waals surface area contributed by atoms with Crippen molar-refractivity contribution < 1.29 is 0 Å². The number of fused-ring (bicyclic) bond motifs is 1. The number of benzene rings is 1. The summed E-state index contributed by atoms with van der Waals surface area (Å²) in [4.78, 5) is 22.1. The number of nitrogens with one attached hydrogen (secondary N) is 1. The SMILES string of the molecule is CCCCc1nn2c(=O)cc(CSc3n[nH]c(-c4ccc(C)cc4)n3)nc2s1. The zero-order valence-electron chi connectivity index (χ0n) is 15.7. The van der Waals surface area contributed by atoms with Crippen LogP contribution in [0.2, 0.25) is 0 Å². The molecule has 0 aliphatic carbocycles. The summed E-state index contributed by atoms with van der Waals surface area (Å²) < 4.78 is 1.39. The molecule has 7 nitrogen and oxygen atoms in total. The highest BCUT2D eigenvalue weighted by molar-refractivity contribution is 7.98. The predicted octanol–water partition coefficient (Wildman–Crippen LogP) is 3.88. The van der Waals surface area contributed by atoms with Crippen LogP contribution in [-0.2, 0) is 12.2 Å². The lowest BCUT2D eigenvalue weighted by atomic mass is 10.1. The molecule has 28 heavy (non-hydrogen) atoms. The third-order valence-electron chi connectivity index (χ3n) is 4.22. The molecule has 9 heteroatoms. The summed E-state index contributed by atoms with van der Waals surface area (Å²) >= 11 is 2.93. The third-order valence-corrected chi connectivity index (χ3v) is 6.07. The molecule has 3 aromatic heterocycles. The Labute approximate surface area is 170 Å². The van der Waals surface area contributed by atoms with Crippen LogP contribution in [0.25, 0.3) is 16.3 Å². The summed E-state index contributed by atoms with van der Waals surface area (Å²) in [6, 6.07) is 9.65. The zero-order valence-corrected chi connectivity index (χ0v) is 17.3. The molecule has 0 fully saturated rings. The number of hydrogen-bond donors (Lipinski definition) is 1. The highest BCUT2D eigenvalue weighted by Gasteiger charge is 2.11. The van der Waals surface area contributed by atoms with E-state index in [0.717, 1.165) is 35.7 Å². The van der Waals surface area contributed by atoms with E-state index < -0.39 is 0 Å². The van der Waals surface area contributed by atoms with Crippen LogP contribution in [-0.4, -0.2) is 29.8 Å². The average molecular weight is 413 g/mol.